The molecule has 0 spiro atoms. The van der Waals surface area contributed by atoms with Crippen molar-refractivity contribution in [3.05, 3.63) is 53.6 Å². The first kappa shape index (κ1) is 23.7. The molecule has 32 heavy (non-hydrogen) atoms. The maximum atomic E-state index is 12.7. The SMILES string of the molecule is CC(C)(Oc1ccc(Cl)cc1)C(=O)Nc1ccc(N2CCN(C(=O)C(F)(F)F)CC2)cc1. The smallest absolute Gasteiger partial charge is 0.471 e. The zero-order valence-electron chi connectivity index (χ0n) is 17.6. The van der Waals surface area contributed by atoms with Crippen LogP contribution in [-0.2, 0) is 9.59 Å². The zero-order valence-corrected chi connectivity index (χ0v) is 18.3. The molecule has 0 radical (unpaired) electrons. The van der Waals surface area contributed by atoms with Crippen molar-refractivity contribution in [3.8, 4) is 5.75 Å². The number of hydrogen-bond donors (Lipinski definition) is 1. The lowest BCUT2D eigenvalue weighted by molar-refractivity contribution is -0.185. The third-order valence-corrected chi connectivity index (χ3v) is 5.29. The number of piperazine rings is 1. The van der Waals surface area contributed by atoms with Crippen molar-refractivity contribution in [2.75, 3.05) is 36.4 Å². The lowest BCUT2D eigenvalue weighted by atomic mass is 10.1. The molecule has 0 unspecified atom stereocenters. The van der Waals surface area contributed by atoms with Gasteiger partial charge in [0.2, 0.25) is 0 Å². The number of amides is 2. The average Bonchev–Trinajstić information content (AvgIpc) is 2.75. The topological polar surface area (TPSA) is 61.9 Å². The van der Waals surface area contributed by atoms with Gasteiger partial charge >= 0.3 is 12.1 Å². The number of benzene rings is 2. The Labute approximate surface area is 188 Å². The van der Waals surface area contributed by atoms with E-state index in [1.54, 1.807) is 62.4 Å². The van der Waals surface area contributed by atoms with Crippen molar-refractivity contribution in [1.29, 1.82) is 0 Å². The minimum absolute atomic E-state index is 0.00689. The number of alkyl halides is 3. The second-order valence-corrected chi connectivity index (χ2v) is 8.28. The van der Waals surface area contributed by atoms with Gasteiger partial charge in [-0.05, 0) is 62.4 Å². The van der Waals surface area contributed by atoms with Crippen LogP contribution < -0.4 is 15.0 Å². The first-order chi connectivity index (χ1) is 15.0. The van der Waals surface area contributed by atoms with E-state index < -0.39 is 17.7 Å². The van der Waals surface area contributed by atoms with Gasteiger partial charge in [0, 0.05) is 42.6 Å². The normalized spacial score (nSPS) is 14.8. The Bertz CT molecular complexity index is 955. The molecular formula is C22H23ClF3N3O3. The molecule has 0 aromatic heterocycles. The van der Waals surface area contributed by atoms with Gasteiger partial charge in [0.1, 0.15) is 5.75 Å². The molecule has 1 aliphatic rings. The van der Waals surface area contributed by atoms with E-state index in [2.05, 4.69) is 5.32 Å². The highest BCUT2D eigenvalue weighted by Gasteiger charge is 2.43. The Morgan fingerprint density at radius 3 is 2.03 bits per heavy atom. The van der Waals surface area contributed by atoms with Crippen molar-refractivity contribution in [2.24, 2.45) is 0 Å². The number of hydrogen-bond acceptors (Lipinski definition) is 4. The molecule has 172 valence electrons. The molecular weight excluding hydrogens is 447 g/mol. The fraction of sp³-hybridized carbons (Fsp3) is 0.364. The maximum absolute atomic E-state index is 12.7. The number of carbonyl (C=O) groups is 2. The number of nitrogens with one attached hydrogen (secondary N) is 1. The third kappa shape index (κ3) is 5.85. The van der Waals surface area contributed by atoms with Crippen LogP contribution >= 0.6 is 11.6 Å². The van der Waals surface area contributed by atoms with Crippen LogP contribution in [0.5, 0.6) is 5.75 Å². The molecule has 0 aliphatic carbocycles. The summed E-state index contributed by atoms with van der Waals surface area (Å²) < 4.78 is 43.5. The van der Waals surface area contributed by atoms with Gasteiger partial charge in [-0.2, -0.15) is 13.2 Å². The first-order valence-corrected chi connectivity index (χ1v) is 10.3. The lowest BCUT2D eigenvalue weighted by Crippen LogP contribution is -2.52. The number of rotatable bonds is 5. The van der Waals surface area contributed by atoms with Crippen molar-refractivity contribution >= 4 is 34.8 Å². The van der Waals surface area contributed by atoms with E-state index in [9.17, 15) is 22.8 Å². The summed E-state index contributed by atoms with van der Waals surface area (Å²) in [4.78, 5) is 26.7. The van der Waals surface area contributed by atoms with Crippen LogP contribution in [0.3, 0.4) is 0 Å². The van der Waals surface area contributed by atoms with Gasteiger partial charge in [0.15, 0.2) is 5.60 Å². The molecule has 1 fully saturated rings. The Hall–Kier alpha value is -2.94. The molecule has 2 aromatic rings. The summed E-state index contributed by atoms with van der Waals surface area (Å²) in [5.74, 6) is -1.65. The lowest BCUT2D eigenvalue weighted by Gasteiger charge is -2.36. The predicted octanol–water partition coefficient (Wildman–Crippen LogP) is 4.35. The van der Waals surface area contributed by atoms with Crippen molar-refractivity contribution in [2.45, 2.75) is 25.6 Å². The van der Waals surface area contributed by atoms with Crippen LogP contribution in [0.1, 0.15) is 13.8 Å². The van der Waals surface area contributed by atoms with Crippen LogP contribution in [0, 0.1) is 0 Å². The van der Waals surface area contributed by atoms with E-state index in [1.165, 1.54) is 0 Å². The minimum atomic E-state index is -4.85. The van der Waals surface area contributed by atoms with Gasteiger partial charge in [0.25, 0.3) is 5.91 Å². The Kier molecular flexibility index (Phi) is 6.88. The standard InChI is InChI=1S/C22H23ClF3N3O3/c1-21(2,32-18-9-3-15(23)4-10-18)19(30)27-16-5-7-17(8-6-16)28-11-13-29(14-12-28)20(31)22(24,25)26/h3-10H,11-14H2,1-2H3,(H,27,30). The Morgan fingerprint density at radius 2 is 1.50 bits per heavy atom. The molecule has 1 aliphatic heterocycles. The van der Waals surface area contributed by atoms with Gasteiger partial charge in [-0.3, -0.25) is 9.59 Å². The van der Waals surface area contributed by atoms with Crippen LogP contribution in [-0.4, -0.2) is 54.7 Å². The summed E-state index contributed by atoms with van der Waals surface area (Å²) in [7, 11) is 0. The van der Waals surface area contributed by atoms with Crippen molar-refractivity contribution in [1.82, 2.24) is 4.90 Å². The minimum Gasteiger partial charge on any atom is -0.478 e. The fourth-order valence-electron chi connectivity index (χ4n) is 3.23. The summed E-state index contributed by atoms with van der Waals surface area (Å²) >= 11 is 5.86. The molecule has 2 aromatic carbocycles. The van der Waals surface area contributed by atoms with E-state index >= 15 is 0 Å². The highest BCUT2D eigenvalue weighted by atomic mass is 35.5. The maximum Gasteiger partial charge on any atom is 0.471 e. The summed E-state index contributed by atoms with van der Waals surface area (Å²) in [6, 6.07) is 13.6. The fourth-order valence-corrected chi connectivity index (χ4v) is 3.35. The molecule has 10 heteroatoms. The molecule has 0 saturated carbocycles. The highest BCUT2D eigenvalue weighted by molar-refractivity contribution is 6.30. The van der Waals surface area contributed by atoms with Crippen LogP contribution in [0.25, 0.3) is 0 Å². The summed E-state index contributed by atoms with van der Waals surface area (Å²) in [6.07, 6.45) is -4.85. The van der Waals surface area contributed by atoms with Crippen LogP contribution in [0.4, 0.5) is 24.5 Å². The molecule has 0 bridgehead atoms. The summed E-state index contributed by atoms with van der Waals surface area (Å²) in [6.45, 7) is 3.85. The van der Waals surface area contributed by atoms with Gasteiger partial charge in [-0.25, -0.2) is 0 Å². The molecule has 1 N–H and O–H groups in total. The largest absolute Gasteiger partial charge is 0.478 e. The van der Waals surface area contributed by atoms with E-state index in [1.807, 2.05) is 4.90 Å². The van der Waals surface area contributed by atoms with Gasteiger partial charge < -0.3 is 19.9 Å². The van der Waals surface area contributed by atoms with E-state index in [0.717, 1.165) is 10.6 Å². The van der Waals surface area contributed by atoms with Crippen molar-refractivity contribution < 1.29 is 27.5 Å². The van der Waals surface area contributed by atoms with Gasteiger partial charge in [0.05, 0.1) is 0 Å². The molecule has 1 heterocycles. The second kappa shape index (κ2) is 9.28. The third-order valence-electron chi connectivity index (χ3n) is 5.03. The molecule has 1 saturated heterocycles. The molecule has 3 rings (SSSR count). The Balaban J connectivity index is 1.56. The average molecular weight is 470 g/mol. The molecule has 0 atom stereocenters. The highest BCUT2D eigenvalue weighted by Crippen LogP contribution is 2.25. The van der Waals surface area contributed by atoms with Gasteiger partial charge in [-0.1, -0.05) is 11.6 Å². The Morgan fingerprint density at radius 1 is 0.938 bits per heavy atom. The quantitative estimate of drug-likeness (QED) is 0.707. The number of anilines is 2. The molecule has 6 nitrogen and oxygen atoms in total. The molecule has 2 amide bonds. The monoisotopic (exact) mass is 469 g/mol. The second-order valence-electron chi connectivity index (χ2n) is 7.84. The zero-order chi connectivity index (χ0) is 23.5. The summed E-state index contributed by atoms with van der Waals surface area (Å²) in [5, 5.41) is 3.36. The van der Waals surface area contributed by atoms with Crippen LogP contribution in [0.15, 0.2) is 48.5 Å². The number of carbonyl (C=O) groups excluding carboxylic acids is 2. The van der Waals surface area contributed by atoms with E-state index in [4.69, 9.17) is 16.3 Å². The predicted molar refractivity (Wildman–Crippen MR) is 116 cm³/mol. The summed E-state index contributed by atoms with van der Waals surface area (Å²) in [5.41, 5.74) is 0.199. The van der Waals surface area contributed by atoms with E-state index in [-0.39, 0.29) is 32.1 Å². The van der Waals surface area contributed by atoms with Crippen LogP contribution in [0.2, 0.25) is 5.02 Å². The van der Waals surface area contributed by atoms with Crippen molar-refractivity contribution in [3.63, 3.8) is 0 Å². The first-order valence-electron chi connectivity index (χ1n) is 9.93. The van der Waals surface area contributed by atoms with Gasteiger partial charge in [-0.15, -0.1) is 0 Å². The van der Waals surface area contributed by atoms with E-state index in [0.29, 0.717) is 16.5 Å². The number of halogens is 4. The number of nitrogens with zero attached hydrogens (tertiary/aromatic N) is 2. The number of ether oxygens (including phenoxy) is 1.